The fraction of sp³-hybridized carbons (Fsp3) is 0. The molecule has 0 aromatic heterocycles. The summed E-state index contributed by atoms with van der Waals surface area (Å²) in [4.78, 5) is 3.77. The first-order chi connectivity index (χ1) is 5.68. The molecule has 0 aliphatic rings. The van der Waals surface area contributed by atoms with Gasteiger partial charge in [0.2, 0.25) is 0 Å². The molecule has 0 atom stereocenters. The molecular formula is C8H7ClN2S. The highest BCUT2D eigenvalue weighted by molar-refractivity contribution is 7.80. The molecule has 12 heavy (non-hydrogen) atoms. The second kappa shape index (κ2) is 4.18. The lowest BCUT2D eigenvalue weighted by Gasteiger charge is -1.91. The van der Waals surface area contributed by atoms with Gasteiger partial charge in [-0.1, -0.05) is 23.7 Å². The molecule has 0 saturated heterocycles. The SMILES string of the molecule is NC(=S)N=Cc1ccc(Cl)cc1. The van der Waals surface area contributed by atoms with Gasteiger partial charge < -0.3 is 5.73 Å². The Balaban J connectivity index is 2.77. The van der Waals surface area contributed by atoms with E-state index in [2.05, 4.69) is 17.2 Å². The molecular weight excluding hydrogens is 192 g/mol. The first kappa shape index (κ1) is 9.16. The Kier molecular flexibility index (Phi) is 3.19. The maximum absolute atomic E-state index is 5.68. The molecule has 0 heterocycles. The third-order valence-electron chi connectivity index (χ3n) is 1.21. The molecule has 4 heteroatoms. The van der Waals surface area contributed by atoms with E-state index in [9.17, 15) is 0 Å². The van der Waals surface area contributed by atoms with Crippen molar-refractivity contribution in [2.45, 2.75) is 0 Å². The summed E-state index contributed by atoms with van der Waals surface area (Å²) in [5, 5.41) is 0.826. The average Bonchev–Trinajstić information content (AvgIpc) is 2.03. The molecule has 0 aliphatic heterocycles. The molecule has 0 saturated carbocycles. The van der Waals surface area contributed by atoms with Gasteiger partial charge in [0.1, 0.15) is 0 Å². The van der Waals surface area contributed by atoms with E-state index in [4.69, 9.17) is 17.3 Å². The van der Waals surface area contributed by atoms with Crippen LogP contribution in [0, 0.1) is 0 Å². The van der Waals surface area contributed by atoms with Crippen LogP contribution >= 0.6 is 23.8 Å². The van der Waals surface area contributed by atoms with Crippen molar-refractivity contribution in [3.8, 4) is 0 Å². The highest BCUT2D eigenvalue weighted by Gasteiger charge is 1.87. The van der Waals surface area contributed by atoms with Crippen LogP contribution in [0.2, 0.25) is 5.02 Å². The second-order valence-corrected chi connectivity index (χ2v) is 3.00. The zero-order valence-electron chi connectivity index (χ0n) is 6.20. The predicted octanol–water partition coefficient (Wildman–Crippen LogP) is 2.00. The van der Waals surface area contributed by atoms with Gasteiger partial charge in [-0.05, 0) is 29.9 Å². The van der Waals surface area contributed by atoms with Crippen LogP contribution in [-0.2, 0) is 0 Å². The van der Waals surface area contributed by atoms with Crippen LogP contribution in [0.4, 0.5) is 0 Å². The van der Waals surface area contributed by atoms with Gasteiger partial charge in [-0.25, -0.2) is 4.99 Å². The summed E-state index contributed by atoms with van der Waals surface area (Å²) in [5.74, 6) is 0. The number of hydrogen-bond acceptors (Lipinski definition) is 1. The lowest BCUT2D eigenvalue weighted by molar-refractivity contribution is 1.60. The largest absolute Gasteiger partial charge is 0.374 e. The minimum absolute atomic E-state index is 0.130. The minimum atomic E-state index is 0.130. The Morgan fingerprint density at radius 1 is 1.42 bits per heavy atom. The summed E-state index contributed by atoms with van der Waals surface area (Å²) in [6, 6.07) is 7.24. The van der Waals surface area contributed by atoms with Crippen molar-refractivity contribution in [1.29, 1.82) is 0 Å². The maximum atomic E-state index is 5.68. The first-order valence-electron chi connectivity index (χ1n) is 3.27. The van der Waals surface area contributed by atoms with E-state index >= 15 is 0 Å². The van der Waals surface area contributed by atoms with Gasteiger partial charge in [0.05, 0.1) is 0 Å². The number of rotatable bonds is 1. The molecule has 0 aliphatic carbocycles. The Morgan fingerprint density at radius 3 is 2.50 bits per heavy atom. The van der Waals surface area contributed by atoms with Gasteiger partial charge in [-0.2, -0.15) is 0 Å². The van der Waals surface area contributed by atoms with Crippen LogP contribution in [0.1, 0.15) is 5.56 Å². The third kappa shape index (κ3) is 2.98. The van der Waals surface area contributed by atoms with Crippen LogP contribution < -0.4 is 5.73 Å². The Labute approximate surface area is 81.1 Å². The van der Waals surface area contributed by atoms with E-state index in [1.165, 1.54) is 0 Å². The molecule has 1 aromatic rings. The molecule has 2 N–H and O–H groups in total. The van der Waals surface area contributed by atoms with Crippen molar-refractivity contribution in [2.75, 3.05) is 0 Å². The standard InChI is InChI=1S/C8H7ClN2S/c9-7-3-1-6(2-4-7)5-11-8(10)12/h1-5H,(H2,10,12). The van der Waals surface area contributed by atoms with Gasteiger partial charge in [0.25, 0.3) is 0 Å². The zero-order valence-corrected chi connectivity index (χ0v) is 7.77. The maximum Gasteiger partial charge on any atom is 0.190 e. The number of benzene rings is 1. The van der Waals surface area contributed by atoms with Crippen molar-refractivity contribution in [3.63, 3.8) is 0 Å². The lowest BCUT2D eigenvalue weighted by Crippen LogP contribution is -2.03. The van der Waals surface area contributed by atoms with E-state index < -0.39 is 0 Å². The molecule has 0 spiro atoms. The van der Waals surface area contributed by atoms with Gasteiger partial charge in [0, 0.05) is 11.2 Å². The zero-order chi connectivity index (χ0) is 8.97. The molecule has 0 radical (unpaired) electrons. The van der Waals surface area contributed by atoms with Crippen molar-refractivity contribution in [2.24, 2.45) is 10.7 Å². The fourth-order valence-electron chi connectivity index (χ4n) is 0.687. The summed E-state index contributed by atoms with van der Waals surface area (Å²) in [5.41, 5.74) is 6.10. The predicted molar refractivity (Wildman–Crippen MR) is 55.8 cm³/mol. The molecule has 0 fully saturated rings. The van der Waals surface area contributed by atoms with Gasteiger partial charge in [-0.3, -0.25) is 0 Å². The van der Waals surface area contributed by atoms with E-state index in [-0.39, 0.29) is 5.11 Å². The number of hydrogen-bond donors (Lipinski definition) is 1. The molecule has 0 bridgehead atoms. The van der Waals surface area contributed by atoms with Gasteiger partial charge >= 0.3 is 0 Å². The number of aliphatic imine (C=N–C) groups is 1. The Bertz CT molecular complexity index is 305. The van der Waals surface area contributed by atoms with Crippen LogP contribution in [0.5, 0.6) is 0 Å². The molecule has 62 valence electrons. The highest BCUT2D eigenvalue weighted by Crippen LogP contribution is 2.07. The van der Waals surface area contributed by atoms with Crippen molar-refractivity contribution in [1.82, 2.24) is 0 Å². The number of halogens is 1. The van der Waals surface area contributed by atoms with E-state index in [1.807, 2.05) is 12.1 Å². The van der Waals surface area contributed by atoms with Crippen molar-refractivity contribution >= 4 is 35.1 Å². The second-order valence-electron chi connectivity index (χ2n) is 2.15. The van der Waals surface area contributed by atoms with E-state index in [0.29, 0.717) is 5.02 Å². The van der Waals surface area contributed by atoms with Crippen molar-refractivity contribution in [3.05, 3.63) is 34.9 Å². The van der Waals surface area contributed by atoms with E-state index in [0.717, 1.165) is 5.56 Å². The summed E-state index contributed by atoms with van der Waals surface area (Å²) in [6.45, 7) is 0. The van der Waals surface area contributed by atoms with Crippen LogP contribution in [0.3, 0.4) is 0 Å². The fourth-order valence-corrected chi connectivity index (χ4v) is 0.866. The first-order valence-corrected chi connectivity index (χ1v) is 4.06. The summed E-state index contributed by atoms with van der Waals surface area (Å²) >= 11 is 10.3. The molecule has 0 amide bonds. The third-order valence-corrected chi connectivity index (χ3v) is 1.57. The quantitative estimate of drug-likeness (QED) is 0.554. The Morgan fingerprint density at radius 2 is 2.00 bits per heavy atom. The minimum Gasteiger partial charge on any atom is -0.374 e. The normalized spacial score (nSPS) is 10.4. The van der Waals surface area contributed by atoms with Crippen molar-refractivity contribution < 1.29 is 0 Å². The highest BCUT2D eigenvalue weighted by atomic mass is 35.5. The molecule has 2 nitrogen and oxygen atoms in total. The number of nitrogens with zero attached hydrogens (tertiary/aromatic N) is 1. The number of thiocarbonyl (C=S) groups is 1. The molecule has 1 rings (SSSR count). The molecule has 0 unspecified atom stereocenters. The van der Waals surface area contributed by atoms with E-state index in [1.54, 1.807) is 18.3 Å². The summed E-state index contributed by atoms with van der Waals surface area (Å²) < 4.78 is 0. The Hall–Kier alpha value is -0.930. The smallest absolute Gasteiger partial charge is 0.190 e. The number of nitrogens with two attached hydrogens (primary N) is 1. The summed E-state index contributed by atoms with van der Waals surface area (Å²) in [7, 11) is 0. The molecule has 1 aromatic carbocycles. The summed E-state index contributed by atoms with van der Waals surface area (Å²) in [6.07, 6.45) is 1.60. The van der Waals surface area contributed by atoms with Crippen LogP contribution in [-0.4, -0.2) is 11.3 Å². The van der Waals surface area contributed by atoms with Gasteiger partial charge in [0.15, 0.2) is 5.11 Å². The van der Waals surface area contributed by atoms with Crippen LogP contribution in [0.25, 0.3) is 0 Å². The monoisotopic (exact) mass is 198 g/mol. The van der Waals surface area contributed by atoms with Crippen LogP contribution in [0.15, 0.2) is 29.3 Å². The van der Waals surface area contributed by atoms with Gasteiger partial charge in [-0.15, -0.1) is 0 Å². The average molecular weight is 199 g/mol. The lowest BCUT2D eigenvalue weighted by atomic mass is 10.2. The topological polar surface area (TPSA) is 38.4 Å².